The van der Waals surface area contributed by atoms with Gasteiger partial charge in [-0.2, -0.15) is 0 Å². The number of nitrogens with zero attached hydrogens (tertiary/aromatic N) is 1. The Kier molecular flexibility index (Phi) is 4.88. The average Bonchev–Trinajstić information content (AvgIpc) is 2.29. The van der Waals surface area contributed by atoms with Crippen molar-refractivity contribution in [3.8, 4) is 0 Å². The van der Waals surface area contributed by atoms with Crippen LogP contribution in [0.2, 0.25) is 0 Å². The highest BCUT2D eigenvalue weighted by atomic mass is 16.5. The third-order valence-electron chi connectivity index (χ3n) is 1.99. The van der Waals surface area contributed by atoms with Gasteiger partial charge in [-0.3, -0.25) is 0 Å². The van der Waals surface area contributed by atoms with Crippen molar-refractivity contribution in [3.05, 3.63) is 29.6 Å². The molecule has 16 heavy (non-hydrogen) atoms. The molecule has 0 aromatic carbocycles. The summed E-state index contributed by atoms with van der Waals surface area (Å²) in [5.74, 6) is -0.483. The van der Waals surface area contributed by atoms with Gasteiger partial charge in [0.1, 0.15) is 5.69 Å². The molecule has 0 saturated heterocycles. The predicted molar refractivity (Wildman–Crippen MR) is 57.0 cm³/mol. The first kappa shape index (κ1) is 12.6. The molecule has 0 radical (unpaired) electrons. The van der Waals surface area contributed by atoms with Gasteiger partial charge in [0.25, 0.3) is 0 Å². The van der Waals surface area contributed by atoms with Crippen molar-refractivity contribution in [2.45, 2.75) is 19.4 Å². The lowest BCUT2D eigenvalue weighted by Crippen LogP contribution is -2.16. The van der Waals surface area contributed by atoms with Crippen molar-refractivity contribution >= 4 is 5.97 Å². The van der Waals surface area contributed by atoms with E-state index < -0.39 is 12.1 Å². The summed E-state index contributed by atoms with van der Waals surface area (Å²) in [6.07, 6.45) is 0.939. The van der Waals surface area contributed by atoms with Crippen LogP contribution in [0.4, 0.5) is 0 Å². The lowest BCUT2D eigenvalue weighted by Gasteiger charge is -2.07. The fraction of sp³-hybridized carbons (Fsp3) is 0.455. The van der Waals surface area contributed by atoms with E-state index in [0.717, 1.165) is 5.56 Å². The van der Waals surface area contributed by atoms with E-state index in [4.69, 9.17) is 9.84 Å². The summed E-state index contributed by atoms with van der Waals surface area (Å²) in [6, 6.07) is 3.23. The minimum Gasteiger partial charge on any atom is -0.461 e. The van der Waals surface area contributed by atoms with E-state index in [1.165, 1.54) is 6.20 Å². The number of ether oxygens (including phenoxy) is 1. The van der Waals surface area contributed by atoms with Crippen LogP contribution in [0.5, 0.6) is 0 Å². The fourth-order valence-electron chi connectivity index (χ4n) is 1.25. The second-order valence-electron chi connectivity index (χ2n) is 3.31. The Morgan fingerprint density at radius 2 is 2.38 bits per heavy atom. The Morgan fingerprint density at radius 1 is 1.62 bits per heavy atom. The first-order valence-electron chi connectivity index (χ1n) is 5.08. The standard InChI is InChI=1S/C11H15NO4/c1-2-16-11(15)10-6-8(3-4-12-10)5-9(14)7-13/h3-4,6,9,13-14H,2,5,7H2,1H3. The van der Waals surface area contributed by atoms with Crippen LogP contribution in [0.1, 0.15) is 23.0 Å². The number of pyridine rings is 1. The van der Waals surface area contributed by atoms with Crippen LogP contribution in [-0.4, -0.2) is 40.5 Å². The lowest BCUT2D eigenvalue weighted by atomic mass is 10.1. The molecule has 0 spiro atoms. The average molecular weight is 225 g/mol. The Bertz CT molecular complexity index is 354. The zero-order chi connectivity index (χ0) is 12.0. The molecular formula is C11H15NO4. The lowest BCUT2D eigenvalue weighted by molar-refractivity contribution is 0.0519. The van der Waals surface area contributed by atoms with Crippen molar-refractivity contribution in [1.29, 1.82) is 0 Å². The van der Waals surface area contributed by atoms with Gasteiger partial charge in [-0.1, -0.05) is 0 Å². The number of carbonyl (C=O) groups excluding carboxylic acids is 1. The molecule has 1 rings (SSSR count). The summed E-state index contributed by atoms with van der Waals surface area (Å²) in [5, 5.41) is 18.0. The first-order valence-corrected chi connectivity index (χ1v) is 5.08. The van der Waals surface area contributed by atoms with Gasteiger partial charge >= 0.3 is 5.97 Å². The van der Waals surface area contributed by atoms with E-state index in [2.05, 4.69) is 4.98 Å². The molecule has 1 unspecified atom stereocenters. The van der Waals surface area contributed by atoms with Crippen LogP contribution in [0.25, 0.3) is 0 Å². The summed E-state index contributed by atoms with van der Waals surface area (Å²) in [6.45, 7) is 1.71. The SMILES string of the molecule is CCOC(=O)c1cc(CC(O)CO)ccn1. The van der Waals surface area contributed by atoms with Crippen LogP contribution in [0, 0.1) is 0 Å². The van der Waals surface area contributed by atoms with Crippen LogP contribution < -0.4 is 0 Å². The molecule has 0 aliphatic rings. The molecular weight excluding hydrogens is 210 g/mol. The maximum atomic E-state index is 11.4. The zero-order valence-corrected chi connectivity index (χ0v) is 9.09. The van der Waals surface area contributed by atoms with Gasteiger partial charge in [0.2, 0.25) is 0 Å². The summed E-state index contributed by atoms with van der Waals surface area (Å²) < 4.78 is 4.80. The van der Waals surface area contributed by atoms with Gasteiger partial charge in [-0.05, 0) is 24.6 Å². The number of hydrogen-bond donors (Lipinski definition) is 2. The minimum absolute atomic E-state index is 0.212. The van der Waals surface area contributed by atoms with Gasteiger partial charge in [-0.25, -0.2) is 9.78 Å². The first-order chi connectivity index (χ1) is 7.67. The number of hydrogen-bond acceptors (Lipinski definition) is 5. The highest BCUT2D eigenvalue weighted by Crippen LogP contribution is 2.06. The Morgan fingerprint density at radius 3 is 3.00 bits per heavy atom. The van der Waals surface area contributed by atoms with Crippen molar-refractivity contribution in [1.82, 2.24) is 4.98 Å². The molecule has 5 heteroatoms. The maximum Gasteiger partial charge on any atom is 0.356 e. The Hall–Kier alpha value is -1.46. The monoisotopic (exact) mass is 225 g/mol. The third-order valence-corrected chi connectivity index (χ3v) is 1.99. The van der Waals surface area contributed by atoms with Gasteiger partial charge in [0.15, 0.2) is 0 Å². The molecule has 0 amide bonds. The second kappa shape index (κ2) is 6.19. The minimum atomic E-state index is -0.822. The molecule has 0 bridgehead atoms. The summed E-state index contributed by atoms with van der Waals surface area (Å²) in [4.78, 5) is 15.2. The van der Waals surface area contributed by atoms with E-state index in [-0.39, 0.29) is 18.7 Å². The molecule has 1 atom stereocenters. The van der Waals surface area contributed by atoms with Gasteiger partial charge in [0, 0.05) is 12.6 Å². The largest absolute Gasteiger partial charge is 0.461 e. The van der Waals surface area contributed by atoms with Crippen molar-refractivity contribution < 1.29 is 19.7 Å². The predicted octanol–water partition coefficient (Wildman–Crippen LogP) is 0.154. The molecule has 0 aliphatic heterocycles. The number of esters is 1. The molecule has 2 N–H and O–H groups in total. The number of carbonyl (C=O) groups is 1. The van der Waals surface area contributed by atoms with Gasteiger partial charge in [0.05, 0.1) is 19.3 Å². The summed E-state index contributed by atoms with van der Waals surface area (Å²) >= 11 is 0. The topological polar surface area (TPSA) is 79.7 Å². The van der Waals surface area contributed by atoms with Crippen LogP contribution in [0.3, 0.4) is 0 Å². The molecule has 88 valence electrons. The second-order valence-corrected chi connectivity index (χ2v) is 3.31. The van der Waals surface area contributed by atoms with Gasteiger partial charge < -0.3 is 14.9 Å². The van der Waals surface area contributed by atoms with Crippen molar-refractivity contribution in [3.63, 3.8) is 0 Å². The van der Waals surface area contributed by atoms with E-state index in [1.54, 1.807) is 19.1 Å². The molecule has 0 fully saturated rings. The normalized spacial score (nSPS) is 12.2. The number of aromatic nitrogens is 1. The zero-order valence-electron chi connectivity index (χ0n) is 9.09. The highest BCUT2D eigenvalue weighted by Gasteiger charge is 2.10. The molecule has 1 aromatic rings. The molecule has 1 heterocycles. The number of aliphatic hydroxyl groups is 2. The van der Waals surface area contributed by atoms with Crippen molar-refractivity contribution in [2.75, 3.05) is 13.2 Å². The van der Waals surface area contributed by atoms with Crippen LogP contribution in [0.15, 0.2) is 18.3 Å². The Balaban J connectivity index is 2.74. The van der Waals surface area contributed by atoms with E-state index in [9.17, 15) is 9.90 Å². The van der Waals surface area contributed by atoms with E-state index in [1.807, 2.05) is 0 Å². The van der Waals surface area contributed by atoms with Crippen LogP contribution >= 0.6 is 0 Å². The molecule has 1 aromatic heterocycles. The van der Waals surface area contributed by atoms with Gasteiger partial charge in [-0.15, -0.1) is 0 Å². The number of rotatable bonds is 5. The van der Waals surface area contributed by atoms with E-state index >= 15 is 0 Å². The van der Waals surface area contributed by atoms with Crippen LogP contribution in [-0.2, 0) is 11.2 Å². The molecule has 0 saturated carbocycles. The smallest absolute Gasteiger partial charge is 0.356 e. The number of aliphatic hydroxyl groups excluding tert-OH is 2. The fourth-order valence-corrected chi connectivity index (χ4v) is 1.25. The quantitative estimate of drug-likeness (QED) is 0.697. The van der Waals surface area contributed by atoms with E-state index in [0.29, 0.717) is 6.61 Å². The van der Waals surface area contributed by atoms with Crippen molar-refractivity contribution in [2.24, 2.45) is 0 Å². The summed E-state index contributed by atoms with van der Waals surface area (Å²) in [7, 11) is 0. The Labute approximate surface area is 93.7 Å². The maximum absolute atomic E-state index is 11.4. The highest BCUT2D eigenvalue weighted by molar-refractivity contribution is 5.87. The summed E-state index contributed by atoms with van der Waals surface area (Å²) in [5.41, 5.74) is 0.948. The third kappa shape index (κ3) is 3.60. The molecule has 5 nitrogen and oxygen atoms in total. The molecule has 0 aliphatic carbocycles.